The van der Waals surface area contributed by atoms with Crippen molar-refractivity contribution in [2.45, 2.75) is 0 Å². The van der Waals surface area contributed by atoms with Crippen LogP contribution in [0.1, 0.15) is 0 Å². The molecule has 0 saturated carbocycles. The zero-order valence-corrected chi connectivity index (χ0v) is 9.10. The van der Waals surface area contributed by atoms with Gasteiger partial charge in [0.15, 0.2) is 0 Å². The van der Waals surface area contributed by atoms with Crippen LogP contribution in [0, 0.1) is 0 Å². The van der Waals surface area contributed by atoms with Crippen LogP contribution in [-0.2, 0) is 0 Å². The van der Waals surface area contributed by atoms with Crippen LogP contribution in [0.3, 0.4) is 0 Å². The number of halogens is 1. The average molecular weight is 226 g/mol. The summed E-state index contributed by atoms with van der Waals surface area (Å²) in [7, 11) is 1.58. The van der Waals surface area contributed by atoms with Crippen molar-refractivity contribution in [1.29, 1.82) is 0 Å². The van der Waals surface area contributed by atoms with Gasteiger partial charge in [-0.15, -0.1) is 11.3 Å². The third-order valence-electron chi connectivity index (χ3n) is 1.79. The van der Waals surface area contributed by atoms with Crippen LogP contribution in [-0.4, -0.2) is 12.1 Å². The molecule has 0 spiro atoms. The molecule has 2 rings (SSSR count). The van der Waals surface area contributed by atoms with Gasteiger partial charge in [0, 0.05) is 16.5 Å². The molecule has 72 valence electrons. The number of thiophene rings is 1. The number of methoxy groups -OCH3 is 1. The van der Waals surface area contributed by atoms with Crippen molar-refractivity contribution in [2.75, 3.05) is 7.11 Å². The summed E-state index contributed by atoms with van der Waals surface area (Å²) in [4.78, 5) is 5.17. The van der Waals surface area contributed by atoms with Gasteiger partial charge >= 0.3 is 0 Å². The Labute approximate surface area is 91.1 Å². The van der Waals surface area contributed by atoms with E-state index >= 15 is 0 Å². The summed E-state index contributed by atoms with van der Waals surface area (Å²) < 4.78 is 5.04. The monoisotopic (exact) mass is 225 g/mol. The lowest BCUT2D eigenvalue weighted by molar-refractivity contribution is 0.398. The summed E-state index contributed by atoms with van der Waals surface area (Å²) in [6, 6.07) is 7.74. The Bertz CT molecular complexity index is 428. The van der Waals surface area contributed by atoms with Crippen LogP contribution in [0.25, 0.3) is 10.4 Å². The van der Waals surface area contributed by atoms with Crippen molar-refractivity contribution in [3.8, 4) is 16.3 Å². The average Bonchev–Trinajstić information content (AvgIpc) is 2.69. The minimum absolute atomic E-state index is 0.452. The molecule has 0 radical (unpaired) electrons. The number of pyridine rings is 1. The van der Waals surface area contributed by atoms with Gasteiger partial charge in [-0.25, -0.2) is 4.98 Å². The Kier molecular flexibility index (Phi) is 2.70. The molecule has 0 atom stereocenters. The Morgan fingerprint density at radius 1 is 1.43 bits per heavy atom. The normalized spacial score (nSPS) is 10.1. The second-order valence-electron chi connectivity index (χ2n) is 2.70. The SMILES string of the molecule is COc1cc(-c2cccs2)cc(Cl)n1. The van der Waals surface area contributed by atoms with Gasteiger partial charge in [0.25, 0.3) is 0 Å². The Balaban J connectivity index is 2.48. The lowest BCUT2D eigenvalue weighted by Gasteiger charge is -2.02. The van der Waals surface area contributed by atoms with Gasteiger partial charge in [0.1, 0.15) is 5.15 Å². The lowest BCUT2D eigenvalue weighted by atomic mass is 10.2. The summed E-state index contributed by atoms with van der Waals surface area (Å²) in [5.41, 5.74) is 1.04. The zero-order valence-electron chi connectivity index (χ0n) is 7.53. The molecule has 0 saturated heterocycles. The molecule has 2 aromatic rings. The van der Waals surface area contributed by atoms with Crippen LogP contribution >= 0.6 is 22.9 Å². The van der Waals surface area contributed by atoms with Crippen molar-refractivity contribution >= 4 is 22.9 Å². The molecule has 0 aliphatic heterocycles. The van der Waals surface area contributed by atoms with E-state index in [0.29, 0.717) is 11.0 Å². The van der Waals surface area contributed by atoms with Crippen molar-refractivity contribution in [3.63, 3.8) is 0 Å². The summed E-state index contributed by atoms with van der Waals surface area (Å²) in [5.74, 6) is 0.542. The first-order valence-electron chi connectivity index (χ1n) is 4.05. The van der Waals surface area contributed by atoms with Crippen LogP contribution in [0.2, 0.25) is 5.15 Å². The van der Waals surface area contributed by atoms with Crippen LogP contribution < -0.4 is 4.74 Å². The summed E-state index contributed by atoms with van der Waals surface area (Å²) in [6.45, 7) is 0. The van der Waals surface area contributed by atoms with E-state index < -0.39 is 0 Å². The topological polar surface area (TPSA) is 22.1 Å². The number of hydrogen-bond acceptors (Lipinski definition) is 3. The molecule has 0 fully saturated rings. The maximum Gasteiger partial charge on any atom is 0.215 e. The third kappa shape index (κ3) is 1.89. The molecule has 2 heterocycles. The molecule has 0 unspecified atom stereocenters. The molecule has 2 nitrogen and oxygen atoms in total. The Morgan fingerprint density at radius 3 is 2.93 bits per heavy atom. The second-order valence-corrected chi connectivity index (χ2v) is 4.03. The third-order valence-corrected chi connectivity index (χ3v) is 2.90. The fourth-order valence-electron chi connectivity index (χ4n) is 1.16. The van der Waals surface area contributed by atoms with E-state index in [0.717, 1.165) is 10.4 Å². The molecule has 14 heavy (non-hydrogen) atoms. The van der Waals surface area contributed by atoms with E-state index in [1.807, 2.05) is 29.6 Å². The quantitative estimate of drug-likeness (QED) is 0.731. The van der Waals surface area contributed by atoms with Gasteiger partial charge in [0.05, 0.1) is 7.11 Å². The van der Waals surface area contributed by atoms with E-state index in [2.05, 4.69) is 4.98 Å². The van der Waals surface area contributed by atoms with E-state index in [-0.39, 0.29) is 0 Å². The maximum atomic E-state index is 5.86. The van der Waals surface area contributed by atoms with Gasteiger partial charge in [-0.3, -0.25) is 0 Å². The second kappa shape index (κ2) is 3.98. The molecule has 0 bridgehead atoms. The fraction of sp³-hybridized carbons (Fsp3) is 0.100. The van der Waals surface area contributed by atoms with Crippen molar-refractivity contribution < 1.29 is 4.74 Å². The van der Waals surface area contributed by atoms with Gasteiger partial charge in [-0.2, -0.15) is 0 Å². The highest BCUT2D eigenvalue weighted by Crippen LogP contribution is 2.28. The zero-order chi connectivity index (χ0) is 9.97. The first-order chi connectivity index (χ1) is 6.79. The van der Waals surface area contributed by atoms with Crippen LogP contribution in [0.4, 0.5) is 0 Å². The highest BCUT2D eigenvalue weighted by atomic mass is 35.5. The summed E-state index contributed by atoms with van der Waals surface area (Å²) in [6.07, 6.45) is 0. The highest BCUT2D eigenvalue weighted by Gasteiger charge is 2.04. The van der Waals surface area contributed by atoms with Crippen molar-refractivity contribution in [3.05, 3.63) is 34.8 Å². The summed E-state index contributed by atoms with van der Waals surface area (Å²) >= 11 is 7.52. The molecule has 0 N–H and O–H groups in total. The van der Waals surface area contributed by atoms with E-state index in [1.54, 1.807) is 18.4 Å². The molecular formula is C10H8ClNOS. The highest BCUT2D eigenvalue weighted by molar-refractivity contribution is 7.13. The molecule has 0 aliphatic rings. The predicted molar refractivity (Wildman–Crippen MR) is 59.1 cm³/mol. The Hall–Kier alpha value is -1.06. The largest absolute Gasteiger partial charge is 0.481 e. The smallest absolute Gasteiger partial charge is 0.215 e. The first-order valence-corrected chi connectivity index (χ1v) is 5.31. The molecule has 0 aliphatic carbocycles. The standard InChI is InChI=1S/C10H8ClNOS/c1-13-10-6-7(5-9(11)12-10)8-3-2-4-14-8/h2-6H,1H3. The Morgan fingerprint density at radius 2 is 2.29 bits per heavy atom. The van der Waals surface area contributed by atoms with Crippen LogP contribution in [0.15, 0.2) is 29.6 Å². The van der Waals surface area contributed by atoms with Gasteiger partial charge in [0.2, 0.25) is 5.88 Å². The molecular weight excluding hydrogens is 218 g/mol. The van der Waals surface area contributed by atoms with Gasteiger partial charge in [-0.1, -0.05) is 17.7 Å². The molecule has 2 aromatic heterocycles. The first kappa shape index (κ1) is 9.49. The van der Waals surface area contributed by atoms with Gasteiger partial charge in [-0.05, 0) is 17.5 Å². The minimum atomic E-state index is 0.452. The number of hydrogen-bond donors (Lipinski definition) is 0. The summed E-state index contributed by atoms with van der Waals surface area (Å²) in [5, 5.41) is 2.48. The lowest BCUT2D eigenvalue weighted by Crippen LogP contribution is -1.88. The maximum absolute atomic E-state index is 5.86. The van der Waals surface area contributed by atoms with E-state index in [9.17, 15) is 0 Å². The molecule has 0 amide bonds. The van der Waals surface area contributed by atoms with E-state index in [1.165, 1.54) is 0 Å². The van der Waals surface area contributed by atoms with Crippen molar-refractivity contribution in [1.82, 2.24) is 4.98 Å². The van der Waals surface area contributed by atoms with Crippen LogP contribution in [0.5, 0.6) is 5.88 Å². The number of ether oxygens (including phenoxy) is 1. The molecule has 4 heteroatoms. The van der Waals surface area contributed by atoms with Crippen molar-refractivity contribution in [2.24, 2.45) is 0 Å². The van der Waals surface area contributed by atoms with Gasteiger partial charge < -0.3 is 4.74 Å². The fourth-order valence-corrected chi connectivity index (χ4v) is 2.08. The number of aromatic nitrogens is 1. The predicted octanol–water partition coefficient (Wildman–Crippen LogP) is 3.47. The molecule has 0 aromatic carbocycles. The van der Waals surface area contributed by atoms with E-state index in [4.69, 9.17) is 16.3 Å². The number of nitrogens with zero attached hydrogens (tertiary/aromatic N) is 1. The number of rotatable bonds is 2. The minimum Gasteiger partial charge on any atom is -0.481 e.